The Morgan fingerprint density at radius 2 is 2.14 bits per heavy atom. The lowest BCUT2D eigenvalue weighted by Gasteiger charge is -2.25. The molecule has 1 aromatic carbocycles. The van der Waals surface area contributed by atoms with E-state index in [-0.39, 0.29) is 16.0 Å². The average molecular weight is 303 g/mol. The molecule has 2 aromatic rings. The highest BCUT2D eigenvalue weighted by atomic mass is 16.6. The van der Waals surface area contributed by atoms with Gasteiger partial charge in [-0.15, -0.1) is 0 Å². The zero-order valence-corrected chi connectivity index (χ0v) is 13.1. The first-order valence-electron chi connectivity index (χ1n) is 7.19. The lowest BCUT2D eigenvalue weighted by Crippen LogP contribution is -2.24. The summed E-state index contributed by atoms with van der Waals surface area (Å²) in [5.41, 5.74) is 1.57. The van der Waals surface area contributed by atoms with Crippen molar-refractivity contribution in [2.24, 2.45) is 5.41 Å². The largest absolute Gasteiger partial charge is 0.385 e. The maximum absolute atomic E-state index is 11.1. The molecule has 0 spiro atoms. The van der Waals surface area contributed by atoms with Crippen molar-refractivity contribution in [3.05, 3.63) is 40.6 Å². The third-order valence-electron chi connectivity index (χ3n) is 3.68. The number of nitro benzene ring substituents is 1. The smallest absolute Gasteiger partial charge is 0.278 e. The van der Waals surface area contributed by atoms with Gasteiger partial charge in [-0.2, -0.15) is 0 Å². The van der Waals surface area contributed by atoms with Gasteiger partial charge in [0.1, 0.15) is 5.52 Å². The molecule has 0 aliphatic rings. The molecule has 0 aliphatic carbocycles. The summed E-state index contributed by atoms with van der Waals surface area (Å²) in [6.07, 6.45) is 2.57. The van der Waals surface area contributed by atoms with Crippen LogP contribution < -0.4 is 5.32 Å². The summed E-state index contributed by atoms with van der Waals surface area (Å²) in [6, 6.07) is 6.68. The topological polar surface area (TPSA) is 77.3 Å². The molecule has 0 aliphatic heterocycles. The van der Waals surface area contributed by atoms with E-state index in [2.05, 4.69) is 24.1 Å². The molecular formula is C16H21N3O3. The quantitative estimate of drug-likeness (QED) is 0.624. The summed E-state index contributed by atoms with van der Waals surface area (Å²) in [5.74, 6) is 0. The molecule has 1 heterocycles. The number of methoxy groups -OCH3 is 1. The van der Waals surface area contributed by atoms with Crippen molar-refractivity contribution < 1.29 is 9.66 Å². The van der Waals surface area contributed by atoms with Crippen molar-refractivity contribution in [1.82, 2.24) is 4.98 Å². The maximum atomic E-state index is 11.1. The normalized spacial score (nSPS) is 11.6. The zero-order chi connectivity index (χ0) is 16.2. The standard InChI is InChI=1S/C16H21N3O3/c1-16(2,8-10-22-3)11-18-13-6-7-14(19(20)21)12-5-4-9-17-15(12)13/h4-7,9,18H,8,10-11H2,1-3H3. The van der Waals surface area contributed by atoms with Gasteiger partial charge in [0.2, 0.25) is 0 Å². The Bertz CT molecular complexity index is 671. The van der Waals surface area contributed by atoms with Crippen LogP contribution >= 0.6 is 0 Å². The average Bonchev–Trinajstić information content (AvgIpc) is 2.50. The Kier molecular flexibility index (Phi) is 4.92. The number of nitro groups is 1. The summed E-state index contributed by atoms with van der Waals surface area (Å²) in [5, 5.41) is 15.0. The van der Waals surface area contributed by atoms with Gasteiger partial charge in [-0.25, -0.2) is 0 Å². The predicted octanol–water partition coefficient (Wildman–Crippen LogP) is 3.62. The Hall–Kier alpha value is -2.21. The third kappa shape index (κ3) is 3.71. The number of nitrogens with zero attached hydrogens (tertiary/aromatic N) is 2. The highest BCUT2D eigenvalue weighted by Gasteiger charge is 2.19. The summed E-state index contributed by atoms with van der Waals surface area (Å²) in [6.45, 7) is 5.74. The monoisotopic (exact) mass is 303 g/mol. The Labute approximate surface area is 129 Å². The van der Waals surface area contributed by atoms with Gasteiger partial charge in [0.05, 0.1) is 16.0 Å². The first-order valence-corrected chi connectivity index (χ1v) is 7.19. The lowest BCUT2D eigenvalue weighted by atomic mass is 9.89. The van der Waals surface area contributed by atoms with Crippen LogP contribution in [0.15, 0.2) is 30.5 Å². The second kappa shape index (κ2) is 6.70. The van der Waals surface area contributed by atoms with Crippen molar-refractivity contribution in [3.8, 4) is 0 Å². The molecule has 0 amide bonds. The SMILES string of the molecule is COCCC(C)(C)CNc1ccc([N+](=O)[O-])c2cccnc12. The van der Waals surface area contributed by atoms with E-state index < -0.39 is 0 Å². The molecule has 0 saturated carbocycles. The number of anilines is 1. The van der Waals surface area contributed by atoms with Gasteiger partial charge in [0.15, 0.2) is 0 Å². The molecule has 1 aromatic heterocycles. The fraction of sp³-hybridized carbons (Fsp3) is 0.438. The van der Waals surface area contributed by atoms with Crippen LogP contribution in [0.25, 0.3) is 10.9 Å². The molecule has 2 rings (SSSR count). The fourth-order valence-corrected chi connectivity index (χ4v) is 2.26. The molecule has 0 atom stereocenters. The Morgan fingerprint density at radius 3 is 2.82 bits per heavy atom. The molecule has 0 bridgehead atoms. The van der Waals surface area contributed by atoms with E-state index in [0.29, 0.717) is 17.5 Å². The van der Waals surface area contributed by atoms with E-state index in [4.69, 9.17) is 4.74 Å². The van der Waals surface area contributed by atoms with Gasteiger partial charge in [0.25, 0.3) is 5.69 Å². The number of hydrogen-bond acceptors (Lipinski definition) is 5. The third-order valence-corrected chi connectivity index (χ3v) is 3.68. The van der Waals surface area contributed by atoms with E-state index in [1.807, 2.05) is 0 Å². The van der Waals surface area contributed by atoms with E-state index in [9.17, 15) is 10.1 Å². The highest BCUT2D eigenvalue weighted by molar-refractivity contribution is 5.96. The van der Waals surface area contributed by atoms with Gasteiger partial charge in [-0.05, 0) is 30.0 Å². The molecule has 118 valence electrons. The number of non-ortho nitro benzene ring substituents is 1. The molecule has 1 N–H and O–H groups in total. The number of benzene rings is 1. The van der Waals surface area contributed by atoms with Crippen molar-refractivity contribution in [3.63, 3.8) is 0 Å². The summed E-state index contributed by atoms with van der Waals surface area (Å²) < 4.78 is 5.13. The van der Waals surface area contributed by atoms with Crippen molar-refractivity contribution >= 4 is 22.3 Å². The number of aromatic nitrogens is 1. The summed E-state index contributed by atoms with van der Waals surface area (Å²) in [4.78, 5) is 15.0. The van der Waals surface area contributed by atoms with Crippen LogP contribution in [0, 0.1) is 15.5 Å². The first kappa shape index (κ1) is 16.2. The zero-order valence-electron chi connectivity index (χ0n) is 13.1. The minimum Gasteiger partial charge on any atom is -0.385 e. The number of hydrogen-bond donors (Lipinski definition) is 1. The van der Waals surface area contributed by atoms with Crippen molar-refractivity contribution in [2.75, 3.05) is 25.6 Å². The minimum absolute atomic E-state index is 0.0545. The Balaban J connectivity index is 2.26. The maximum Gasteiger partial charge on any atom is 0.278 e. The van der Waals surface area contributed by atoms with Gasteiger partial charge in [0, 0.05) is 32.5 Å². The van der Waals surface area contributed by atoms with Crippen LogP contribution in [0.1, 0.15) is 20.3 Å². The first-order chi connectivity index (χ1) is 10.4. The van der Waals surface area contributed by atoms with Gasteiger partial charge in [-0.3, -0.25) is 15.1 Å². The predicted molar refractivity (Wildman–Crippen MR) is 87.2 cm³/mol. The van der Waals surface area contributed by atoms with E-state index >= 15 is 0 Å². The van der Waals surface area contributed by atoms with Crippen LogP contribution in [-0.4, -0.2) is 30.2 Å². The van der Waals surface area contributed by atoms with E-state index in [0.717, 1.165) is 18.7 Å². The highest BCUT2D eigenvalue weighted by Crippen LogP contribution is 2.30. The van der Waals surface area contributed by atoms with Gasteiger partial charge in [-0.1, -0.05) is 13.8 Å². The number of fused-ring (bicyclic) bond motifs is 1. The van der Waals surface area contributed by atoms with Crippen LogP contribution in [0.2, 0.25) is 0 Å². The second-order valence-electron chi connectivity index (χ2n) is 6.05. The van der Waals surface area contributed by atoms with Crippen LogP contribution in [0.4, 0.5) is 11.4 Å². The lowest BCUT2D eigenvalue weighted by molar-refractivity contribution is -0.383. The molecular weight excluding hydrogens is 282 g/mol. The minimum atomic E-state index is -0.379. The molecule has 6 nitrogen and oxygen atoms in total. The molecule has 0 saturated heterocycles. The number of pyridine rings is 1. The van der Waals surface area contributed by atoms with E-state index in [1.165, 1.54) is 6.07 Å². The van der Waals surface area contributed by atoms with Crippen molar-refractivity contribution in [1.29, 1.82) is 0 Å². The number of ether oxygens (including phenoxy) is 1. The molecule has 6 heteroatoms. The van der Waals surface area contributed by atoms with Gasteiger partial charge < -0.3 is 10.1 Å². The molecule has 0 fully saturated rings. The fourth-order valence-electron chi connectivity index (χ4n) is 2.26. The summed E-state index contributed by atoms with van der Waals surface area (Å²) >= 11 is 0. The van der Waals surface area contributed by atoms with Gasteiger partial charge >= 0.3 is 0 Å². The second-order valence-corrected chi connectivity index (χ2v) is 6.05. The Morgan fingerprint density at radius 1 is 1.36 bits per heavy atom. The molecule has 22 heavy (non-hydrogen) atoms. The molecule has 0 unspecified atom stereocenters. The number of rotatable bonds is 7. The van der Waals surface area contributed by atoms with E-state index in [1.54, 1.807) is 31.5 Å². The number of nitrogens with one attached hydrogen (secondary N) is 1. The van der Waals surface area contributed by atoms with Crippen LogP contribution in [0.3, 0.4) is 0 Å². The van der Waals surface area contributed by atoms with Crippen LogP contribution in [0.5, 0.6) is 0 Å². The summed E-state index contributed by atoms with van der Waals surface area (Å²) in [7, 11) is 1.69. The van der Waals surface area contributed by atoms with Crippen LogP contribution in [-0.2, 0) is 4.74 Å². The van der Waals surface area contributed by atoms with Crippen molar-refractivity contribution in [2.45, 2.75) is 20.3 Å². The molecule has 0 radical (unpaired) electrons.